The fraction of sp³-hybridized carbons (Fsp3) is 0.769. The van der Waals surface area contributed by atoms with E-state index < -0.39 is 0 Å². The van der Waals surface area contributed by atoms with Crippen molar-refractivity contribution in [3.05, 3.63) is 18.0 Å². The lowest BCUT2D eigenvalue weighted by molar-refractivity contribution is -0.101. The molecule has 94 valence electrons. The molecule has 1 aromatic rings. The van der Waals surface area contributed by atoms with Gasteiger partial charge in [-0.1, -0.05) is 0 Å². The minimum atomic E-state index is -0.226. The average molecular weight is 236 g/mol. The van der Waals surface area contributed by atoms with E-state index in [-0.39, 0.29) is 17.5 Å². The first-order chi connectivity index (χ1) is 7.91. The van der Waals surface area contributed by atoms with Crippen molar-refractivity contribution in [2.24, 2.45) is 5.92 Å². The molecule has 0 aromatic carbocycles. The third-order valence-corrected chi connectivity index (χ3v) is 4.36. The Morgan fingerprint density at radius 1 is 1.24 bits per heavy atom. The highest BCUT2D eigenvalue weighted by atomic mass is 16.7. The predicted molar refractivity (Wildman–Crippen MR) is 63.6 cm³/mol. The van der Waals surface area contributed by atoms with Crippen molar-refractivity contribution in [2.45, 2.75) is 57.5 Å². The predicted octanol–water partition coefficient (Wildman–Crippen LogP) is 2.44. The van der Waals surface area contributed by atoms with E-state index in [4.69, 9.17) is 9.47 Å². The van der Waals surface area contributed by atoms with Crippen LogP contribution in [-0.4, -0.2) is 27.7 Å². The summed E-state index contributed by atoms with van der Waals surface area (Å²) < 4.78 is 12.1. The Hall–Kier alpha value is -0.870. The van der Waals surface area contributed by atoms with Crippen molar-refractivity contribution in [3.63, 3.8) is 0 Å². The number of hydrogen-bond donors (Lipinski definition) is 1. The van der Waals surface area contributed by atoms with Crippen LogP contribution < -0.4 is 0 Å². The van der Waals surface area contributed by atoms with Crippen molar-refractivity contribution in [1.82, 2.24) is 10.2 Å². The van der Waals surface area contributed by atoms with Gasteiger partial charge in [-0.25, -0.2) is 0 Å². The summed E-state index contributed by atoms with van der Waals surface area (Å²) in [6.45, 7) is 8.38. The van der Waals surface area contributed by atoms with Crippen LogP contribution in [0.25, 0.3) is 0 Å². The number of rotatable bonds is 2. The lowest BCUT2D eigenvalue weighted by Gasteiger charge is -2.30. The molecule has 1 aliphatic heterocycles. The van der Waals surface area contributed by atoms with E-state index in [2.05, 4.69) is 37.9 Å². The van der Waals surface area contributed by atoms with Gasteiger partial charge < -0.3 is 9.47 Å². The SMILES string of the molecule is CC1(C)OC([C@H]2C[C@@H]2c2cc[nH]n2)OC1(C)C. The second kappa shape index (κ2) is 3.33. The molecule has 4 heteroatoms. The van der Waals surface area contributed by atoms with Gasteiger partial charge in [0.2, 0.25) is 0 Å². The highest BCUT2D eigenvalue weighted by Crippen LogP contribution is 2.54. The maximum atomic E-state index is 6.06. The first kappa shape index (κ1) is 11.2. The van der Waals surface area contributed by atoms with Crippen molar-refractivity contribution in [2.75, 3.05) is 0 Å². The monoisotopic (exact) mass is 236 g/mol. The zero-order valence-electron chi connectivity index (χ0n) is 10.9. The third kappa shape index (κ3) is 1.70. The molecular formula is C13H20N2O2. The first-order valence-corrected chi connectivity index (χ1v) is 6.26. The molecule has 0 radical (unpaired) electrons. The standard InChI is InChI=1S/C13H20N2O2/c1-12(2)13(3,4)17-11(16-12)9-7-8(9)10-5-6-14-15-10/h5-6,8-9,11H,7H2,1-4H3,(H,14,15)/t8-,9-/m0/s1. The zero-order chi connectivity index (χ0) is 12.3. The number of aromatic nitrogens is 2. The van der Waals surface area contributed by atoms with Crippen LogP contribution in [0.3, 0.4) is 0 Å². The maximum Gasteiger partial charge on any atom is 0.162 e. The van der Waals surface area contributed by atoms with Crippen molar-refractivity contribution in [1.29, 1.82) is 0 Å². The molecular weight excluding hydrogens is 216 g/mol. The fourth-order valence-corrected chi connectivity index (χ4v) is 2.40. The average Bonchev–Trinajstić information content (AvgIpc) is 2.75. The lowest BCUT2D eigenvalue weighted by Crippen LogP contribution is -2.41. The number of nitrogens with zero attached hydrogens (tertiary/aromatic N) is 1. The van der Waals surface area contributed by atoms with Gasteiger partial charge in [-0.3, -0.25) is 5.10 Å². The van der Waals surface area contributed by atoms with Crippen molar-refractivity contribution < 1.29 is 9.47 Å². The molecule has 0 unspecified atom stereocenters. The number of nitrogens with one attached hydrogen (secondary N) is 1. The molecule has 1 saturated heterocycles. The number of aromatic amines is 1. The normalized spacial score (nSPS) is 35.1. The van der Waals surface area contributed by atoms with E-state index in [1.807, 2.05) is 12.3 Å². The van der Waals surface area contributed by atoms with E-state index in [1.54, 1.807) is 0 Å². The topological polar surface area (TPSA) is 47.1 Å². The molecule has 1 aliphatic carbocycles. The number of ether oxygens (including phenoxy) is 2. The molecule has 4 nitrogen and oxygen atoms in total. The van der Waals surface area contributed by atoms with Gasteiger partial charge in [-0.05, 0) is 40.2 Å². The van der Waals surface area contributed by atoms with Crippen molar-refractivity contribution in [3.8, 4) is 0 Å². The number of H-pyrrole nitrogens is 1. The summed E-state index contributed by atoms with van der Waals surface area (Å²) in [4.78, 5) is 0. The maximum absolute atomic E-state index is 6.06. The summed E-state index contributed by atoms with van der Waals surface area (Å²) in [6.07, 6.45) is 2.90. The molecule has 2 atom stereocenters. The second-order valence-electron chi connectivity index (χ2n) is 6.13. The van der Waals surface area contributed by atoms with Crippen LogP contribution in [0.15, 0.2) is 12.3 Å². The third-order valence-electron chi connectivity index (χ3n) is 4.36. The molecule has 0 amide bonds. The quantitative estimate of drug-likeness (QED) is 0.858. The molecule has 0 bridgehead atoms. The van der Waals surface area contributed by atoms with Crippen LogP contribution in [0, 0.1) is 5.92 Å². The van der Waals surface area contributed by atoms with Gasteiger partial charge in [0.1, 0.15) is 0 Å². The Bertz CT molecular complexity index is 395. The summed E-state index contributed by atoms with van der Waals surface area (Å²) in [7, 11) is 0. The van der Waals surface area contributed by atoms with Gasteiger partial charge in [0.05, 0.1) is 16.9 Å². The Morgan fingerprint density at radius 2 is 1.88 bits per heavy atom. The number of hydrogen-bond acceptors (Lipinski definition) is 3. The van der Waals surface area contributed by atoms with Gasteiger partial charge in [0.15, 0.2) is 6.29 Å². The fourth-order valence-electron chi connectivity index (χ4n) is 2.40. The van der Waals surface area contributed by atoms with Gasteiger partial charge in [0, 0.05) is 18.0 Å². The van der Waals surface area contributed by atoms with Crippen molar-refractivity contribution >= 4 is 0 Å². The second-order valence-corrected chi connectivity index (χ2v) is 6.13. The van der Waals surface area contributed by atoms with Crippen LogP contribution >= 0.6 is 0 Å². The molecule has 3 rings (SSSR count). The van der Waals surface area contributed by atoms with E-state index in [1.165, 1.54) is 0 Å². The van der Waals surface area contributed by atoms with Gasteiger partial charge in [-0.2, -0.15) is 5.10 Å². The molecule has 17 heavy (non-hydrogen) atoms. The van der Waals surface area contributed by atoms with E-state index in [9.17, 15) is 0 Å². The summed E-state index contributed by atoms with van der Waals surface area (Å²) in [6, 6.07) is 2.04. The molecule has 1 aromatic heterocycles. The Labute approximate surface area is 102 Å². The zero-order valence-corrected chi connectivity index (χ0v) is 10.9. The summed E-state index contributed by atoms with van der Waals surface area (Å²) in [5.41, 5.74) is 0.678. The molecule has 1 saturated carbocycles. The van der Waals surface area contributed by atoms with Crippen LogP contribution in [0.5, 0.6) is 0 Å². The molecule has 2 aliphatic rings. The van der Waals surface area contributed by atoms with Crippen LogP contribution in [-0.2, 0) is 9.47 Å². The molecule has 2 fully saturated rings. The molecule has 2 heterocycles. The van der Waals surface area contributed by atoms with Gasteiger partial charge in [0.25, 0.3) is 0 Å². The largest absolute Gasteiger partial charge is 0.343 e. The molecule has 1 N–H and O–H groups in total. The van der Waals surface area contributed by atoms with E-state index in [0.717, 1.165) is 12.1 Å². The molecule has 0 spiro atoms. The summed E-state index contributed by atoms with van der Waals surface area (Å²) >= 11 is 0. The van der Waals surface area contributed by atoms with Gasteiger partial charge in [-0.15, -0.1) is 0 Å². The minimum Gasteiger partial charge on any atom is -0.343 e. The van der Waals surface area contributed by atoms with Crippen LogP contribution in [0.4, 0.5) is 0 Å². The lowest BCUT2D eigenvalue weighted by atomic mass is 9.90. The van der Waals surface area contributed by atoms with E-state index >= 15 is 0 Å². The highest BCUT2D eigenvalue weighted by Gasteiger charge is 2.57. The Kier molecular flexibility index (Phi) is 2.20. The van der Waals surface area contributed by atoms with Crippen LogP contribution in [0.1, 0.15) is 45.7 Å². The Balaban J connectivity index is 1.70. The summed E-state index contributed by atoms with van der Waals surface area (Å²) in [5.74, 6) is 0.954. The smallest absolute Gasteiger partial charge is 0.162 e. The summed E-state index contributed by atoms with van der Waals surface area (Å²) in [5, 5.41) is 7.10. The minimum absolute atomic E-state index is 0.0818. The highest BCUT2D eigenvalue weighted by molar-refractivity contribution is 5.17. The van der Waals surface area contributed by atoms with E-state index in [0.29, 0.717) is 11.8 Å². The first-order valence-electron chi connectivity index (χ1n) is 6.26. The van der Waals surface area contributed by atoms with Gasteiger partial charge >= 0.3 is 0 Å². The Morgan fingerprint density at radius 3 is 2.41 bits per heavy atom. The van der Waals surface area contributed by atoms with Crippen LogP contribution in [0.2, 0.25) is 0 Å².